The molecule has 0 saturated carbocycles. The minimum atomic E-state index is -0.00931. The number of nitrogens with zero attached hydrogens (tertiary/aromatic N) is 1. The Morgan fingerprint density at radius 2 is 1.93 bits per heavy atom. The van der Waals surface area contributed by atoms with E-state index in [0.29, 0.717) is 11.1 Å². The Morgan fingerprint density at radius 3 is 2.36 bits per heavy atom. The van der Waals surface area contributed by atoms with E-state index in [0.717, 1.165) is 12.2 Å². The van der Waals surface area contributed by atoms with Crippen molar-refractivity contribution < 1.29 is 5.11 Å². The summed E-state index contributed by atoms with van der Waals surface area (Å²) < 4.78 is 0. The van der Waals surface area contributed by atoms with Crippen LogP contribution in [0.1, 0.15) is 37.5 Å². The van der Waals surface area contributed by atoms with Crippen molar-refractivity contribution in [3.8, 4) is 6.07 Å². The van der Waals surface area contributed by atoms with Crippen molar-refractivity contribution in [2.24, 2.45) is 0 Å². The van der Waals surface area contributed by atoms with E-state index < -0.39 is 0 Å². The smallest absolute Gasteiger partial charge is 0.109 e. The van der Waals surface area contributed by atoms with Gasteiger partial charge in [0.15, 0.2) is 0 Å². The lowest BCUT2D eigenvalue weighted by Crippen LogP contribution is -2.11. The first-order valence-corrected chi connectivity index (χ1v) is 4.50. The third kappa shape index (κ3) is 2.34. The van der Waals surface area contributed by atoms with E-state index in [9.17, 15) is 0 Å². The minimum Gasteiger partial charge on any atom is -0.385 e. The molecule has 0 atom stereocenters. The van der Waals surface area contributed by atoms with Gasteiger partial charge in [0.05, 0.1) is 11.6 Å². The molecule has 0 saturated heterocycles. The second-order valence-corrected chi connectivity index (χ2v) is 4.33. The van der Waals surface area contributed by atoms with Gasteiger partial charge in [0.1, 0.15) is 6.61 Å². The Bertz CT molecular complexity index is 369. The molecule has 0 heterocycles. The molecule has 0 bridgehead atoms. The Hall–Kier alpha value is -1.33. The van der Waals surface area contributed by atoms with E-state index in [2.05, 4.69) is 26.8 Å². The highest BCUT2D eigenvalue weighted by molar-refractivity contribution is 5.41. The first-order valence-electron chi connectivity index (χ1n) is 4.50. The van der Waals surface area contributed by atoms with Crippen LogP contribution in [0, 0.1) is 17.9 Å². The quantitative estimate of drug-likeness (QED) is 0.736. The van der Waals surface area contributed by atoms with Crippen LogP contribution in [0.5, 0.6) is 0 Å². The van der Waals surface area contributed by atoms with Gasteiger partial charge >= 0.3 is 0 Å². The van der Waals surface area contributed by atoms with E-state index in [1.165, 1.54) is 0 Å². The van der Waals surface area contributed by atoms with Crippen molar-refractivity contribution in [2.75, 3.05) is 0 Å². The van der Waals surface area contributed by atoms with Gasteiger partial charge in [0, 0.05) is 0 Å². The lowest BCUT2D eigenvalue weighted by molar-refractivity contribution is 0.414. The molecule has 1 aromatic rings. The Morgan fingerprint density at radius 1 is 1.29 bits per heavy atom. The summed E-state index contributed by atoms with van der Waals surface area (Å²) >= 11 is 0. The lowest BCUT2D eigenvalue weighted by atomic mass is 9.85. The van der Waals surface area contributed by atoms with Gasteiger partial charge in [-0.2, -0.15) is 5.26 Å². The van der Waals surface area contributed by atoms with Gasteiger partial charge in [-0.15, -0.1) is 0 Å². The average molecular weight is 188 g/mol. The van der Waals surface area contributed by atoms with Crippen molar-refractivity contribution in [1.82, 2.24) is 0 Å². The van der Waals surface area contributed by atoms with Gasteiger partial charge in [-0.3, -0.25) is 0 Å². The highest BCUT2D eigenvalue weighted by Gasteiger charge is 2.15. The molecular formula is C12H14NO. The SMILES string of the molecule is CC(C)(C)c1cc(C#N)cc([CH]O)c1. The van der Waals surface area contributed by atoms with Crippen molar-refractivity contribution in [3.63, 3.8) is 0 Å². The summed E-state index contributed by atoms with van der Waals surface area (Å²) in [6.07, 6.45) is 0. The first-order chi connectivity index (χ1) is 6.47. The maximum absolute atomic E-state index is 8.91. The molecule has 0 amide bonds. The van der Waals surface area contributed by atoms with Crippen molar-refractivity contribution in [2.45, 2.75) is 26.2 Å². The average Bonchev–Trinajstić information content (AvgIpc) is 2.15. The van der Waals surface area contributed by atoms with Gasteiger partial charge in [0.2, 0.25) is 0 Å². The third-order valence-electron chi connectivity index (χ3n) is 2.10. The fraction of sp³-hybridized carbons (Fsp3) is 0.333. The van der Waals surface area contributed by atoms with Gasteiger partial charge in [0.25, 0.3) is 0 Å². The summed E-state index contributed by atoms with van der Waals surface area (Å²) in [5, 5.41) is 17.7. The minimum absolute atomic E-state index is 0.00931. The highest BCUT2D eigenvalue weighted by atomic mass is 16.3. The molecule has 1 rings (SSSR count). The molecule has 0 aliphatic carbocycles. The summed E-state index contributed by atoms with van der Waals surface area (Å²) in [7, 11) is 0. The molecule has 0 aliphatic rings. The number of hydrogen-bond acceptors (Lipinski definition) is 2. The van der Waals surface area contributed by atoms with Crippen molar-refractivity contribution >= 4 is 0 Å². The Labute approximate surface area is 84.8 Å². The van der Waals surface area contributed by atoms with Gasteiger partial charge in [-0.1, -0.05) is 26.8 Å². The summed E-state index contributed by atoms with van der Waals surface area (Å²) in [6.45, 7) is 7.25. The normalized spacial score (nSPS) is 11.1. The Kier molecular flexibility index (Phi) is 2.93. The number of benzene rings is 1. The summed E-state index contributed by atoms with van der Waals surface area (Å²) in [5.41, 5.74) is 2.30. The second kappa shape index (κ2) is 3.81. The lowest BCUT2D eigenvalue weighted by Gasteiger charge is -2.19. The summed E-state index contributed by atoms with van der Waals surface area (Å²) in [4.78, 5) is 0. The van der Waals surface area contributed by atoms with Crippen LogP contribution in [0.4, 0.5) is 0 Å². The van der Waals surface area contributed by atoms with E-state index >= 15 is 0 Å². The third-order valence-corrected chi connectivity index (χ3v) is 2.10. The molecule has 0 aliphatic heterocycles. The molecule has 0 aromatic heterocycles. The van der Waals surface area contributed by atoms with Crippen molar-refractivity contribution in [1.29, 1.82) is 5.26 Å². The zero-order valence-corrected chi connectivity index (χ0v) is 8.70. The van der Waals surface area contributed by atoms with Crippen LogP contribution >= 0.6 is 0 Å². The summed E-state index contributed by atoms with van der Waals surface area (Å²) in [6, 6.07) is 7.49. The van der Waals surface area contributed by atoms with Gasteiger partial charge < -0.3 is 5.11 Å². The van der Waals surface area contributed by atoms with Crippen LogP contribution in [0.25, 0.3) is 0 Å². The molecule has 0 unspecified atom stereocenters. The molecule has 1 radical (unpaired) electrons. The van der Waals surface area contributed by atoms with E-state index in [1.54, 1.807) is 6.07 Å². The predicted octanol–water partition coefficient (Wildman–Crippen LogP) is 2.74. The topological polar surface area (TPSA) is 44.0 Å². The maximum Gasteiger partial charge on any atom is 0.109 e. The monoisotopic (exact) mass is 188 g/mol. The van der Waals surface area contributed by atoms with Crippen LogP contribution in [-0.4, -0.2) is 5.11 Å². The Balaban J connectivity index is 3.26. The molecule has 1 aromatic carbocycles. The number of aliphatic hydroxyl groups excluding tert-OH is 1. The molecule has 0 spiro atoms. The first kappa shape index (κ1) is 10.7. The fourth-order valence-corrected chi connectivity index (χ4v) is 1.22. The van der Waals surface area contributed by atoms with Crippen LogP contribution in [-0.2, 0) is 5.41 Å². The van der Waals surface area contributed by atoms with Crippen LogP contribution in [0.3, 0.4) is 0 Å². The number of rotatable bonds is 1. The highest BCUT2D eigenvalue weighted by Crippen LogP contribution is 2.24. The van der Waals surface area contributed by atoms with E-state index in [-0.39, 0.29) is 5.41 Å². The standard InChI is InChI=1S/C12H14NO/c1-12(2,3)11-5-9(7-13)4-10(6-11)8-14/h4-6,8,14H,1-3H3. The van der Waals surface area contributed by atoms with Gasteiger partial charge in [-0.25, -0.2) is 0 Å². The van der Waals surface area contributed by atoms with Crippen LogP contribution < -0.4 is 0 Å². The summed E-state index contributed by atoms with van der Waals surface area (Å²) in [5.74, 6) is 0. The zero-order valence-electron chi connectivity index (χ0n) is 8.70. The van der Waals surface area contributed by atoms with Gasteiger partial charge in [-0.05, 0) is 28.7 Å². The van der Waals surface area contributed by atoms with Crippen LogP contribution in [0.2, 0.25) is 0 Å². The molecule has 14 heavy (non-hydrogen) atoms. The predicted molar refractivity (Wildman–Crippen MR) is 55.2 cm³/mol. The van der Waals surface area contributed by atoms with E-state index in [1.807, 2.05) is 12.1 Å². The molecular weight excluding hydrogens is 174 g/mol. The largest absolute Gasteiger partial charge is 0.385 e. The molecule has 1 N–H and O–H groups in total. The number of nitriles is 1. The zero-order chi connectivity index (χ0) is 10.8. The molecule has 73 valence electrons. The van der Waals surface area contributed by atoms with Crippen LogP contribution in [0.15, 0.2) is 18.2 Å². The number of aliphatic hydroxyl groups is 1. The molecule has 2 nitrogen and oxygen atoms in total. The second-order valence-electron chi connectivity index (χ2n) is 4.33. The number of hydrogen-bond donors (Lipinski definition) is 1. The fourth-order valence-electron chi connectivity index (χ4n) is 1.22. The maximum atomic E-state index is 8.91. The van der Waals surface area contributed by atoms with Crippen molar-refractivity contribution in [3.05, 3.63) is 41.5 Å². The molecule has 2 heteroatoms. The van der Waals surface area contributed by atoms with E-state index in [4.69, 9.17) is 10.4 Å². The molecule has 0 fully saturated rings.